The van der Waals surface area contributed by atoms with Gasteiger partial charge in [0.1, 0.15) is 11.8 Å². The fourth-order valence-electron chi connectivity index (χ4n) is 2.85. The second-order valence-corrected chi connectivity index (χ2v) is 5.59. The molecule has 0 spiro atoms. The van der Waals surface area contributed by atoms with Crippen molar-refractivity contribution in [1.82, 2.24) is 4.90 Å². The number of nitrogens with zero attached hydrogens (tertiary/aromatic N) is 1. The molecule has 6 heteroatoms. The van der Waals surface area contributed by atoms with Crippen LogP contribution < -0.4 is 9.47 Å². The molecule has 1 N–H and O–H groups in total. The van der Waals surface area contributed by atoms with Gasteiger partial charge in [0.15, 0.2) is 11.5 Å². The Bertz CT molecular complexity index is 746. The predicted octanol–water partition coefficient (Wildman–Crippen LogP) is 2.47. The number of likely N-dealkylation sites (N-methyl/N-ethyl adjacent to an activating group) is 1. The van der Waals surface area contributed by atoms with Crippen LogP contribution in [-0.2, 0) is 16.1 Å². The average Bonchev–Trinajstić information content (AvgIpc) is 3.04. The van der Waals surface area contributed by atoms with E-state index in [4.69, 9.17) is 14.2 Å². The zero-order valence-corrected chi connectivity index (χ0v) is 13.6. The molecule has 0 fully saturated rings. The molecule has 3 rings (SSSR count). The van der Waals surface area contributed by atoms with Crippen LogP contribution in [0.3, 0.4) is 0 Å². The first-order valence-corrected chi connectivity index (χ1v) is 7.54. The van der Waals surface area contributed by atoms with Gasteiger partial charge in [-0.05, 0) is 30.8 Å². The Morgan fingerprint density at radius 2 is 2.08 bits per heavy atom. The number of fused-ring (bicyclic) bond motifs is 1. The van der Waals surface area contributed by atoms with E-state index in [1.807, 2.05) is 30.1 Å². The van der Waals surface area contributed by atoms with Crippen molar-refractivity contribution in [3.8, 4) is 17.2 Å². The normalized spacial score (nSPS) is 13.8. The van der Waals surface area contributed by atoms with Gasteiger partial charge < -0.3 is 19.3 Å². The van der Waals surface area contributed by atoms with Gasteiger partial charge in [-0.3, -0.25) is 4.90 Å². The molecular weight excluding hydrogens is 310 g/mol. The summed E-state index contributed by atoms with van der Waals surface area (Å²) in [6, 6.07) is 11.6. The van der Waals surface area contributed by atoms with Crippen molar-refractivity contribution >= 4 is 5.97 Å². The molecule has 0 saturated heterocycles. The van der Waals surface area contributed by atoms with Crippen LogP contribution in [0, 0.1) is 0 Å². The molecule has 2 aromatic carbocycles. The Balaban J connectivity index is 1.88. The molecule has 0 bridgehead atoms. The SMILES string of the molecule is COC(=O)C(c1cccc(O)c1)N(C)Cc1cccc2c1OCO2. The van der Waals surface area contributed by atoms with Crippen molar-refractivity contribution in [2.75, 3.05) is 21.0 Å². The van der Waals surface area contributed by atoms with E-state index in [2.05, 4.69) is 0 Å². The van der Waals surface area contributed by atoms with Gasteiger partial charge in [-0.15, -0.1) is 0 Å². The number of hydrogen-bond acceptors (Lipinski definition) is 6. The van der Waals surface area contributed by atoms with Gasteiger partial charge >= 0.3 is 5.97 Å². The number of methoxy groups -OCH3 is 1. The van der Waals surface area contributed by atoms with E-state index in [1.165, 1.54) is 7.11 Å². The number of carbonyl (C=O) groups is 1. The van der Waals surface area contributed by atoms with Crippen molar-refractivity contribution in [2.24, 2.45) is 0 Å². The zero-order valence-electron chi connectivity index (χ0n) is 13.6. The number of para-hydroxylation sites is 1. The first kappa shape index (κ1) is 16.1. The molecule has 1 unspecified atom stereocenters. The van der Waals surface area contributed by atoms with E-state index in [-0.39, 0.29) is 12.5 Å². The van der Waals surface area contributed by atoms with Crippen molar-refractivity contribution in [1.29, 1.82) is 0 Å². The van der Waals surface area contributed by atoms with E-state index in [1.54, 1.807) is 24.3 Å². The molecule has 1 atom stereocenters. The monoisotopic (exact) mass is 329 g/mol. The van der Waals surface area contributed by atoms with Crippen molar-refractivity contribution in [2.45, 2.75) is 12.6 Å². The molecule has 0 aliphatic carbocycles. The number of phenols is 1. The molecule has 2 aromatic rings. The summed E-state index contributed by atoms with van der Waals surface area (Å²) in [6.07, 6.45) is 0. The van der Waals surface area contributed by atoms with Crippen LogP contribution in [-0.4, -0.2) is 36.9 Å². The van der Waals surface area contributed by atoms with Crippen LogP contribution in [0.5, 0.6) is 17.2 Å². The third-order valence-electron chi connectivity index (χ3n) is 3.95. The van der Waals surface area contributed by atoms with Crippen molar-refractivity contribution in [3.63, 3.8) is 0 Å². The predicted molar refractivity (Wildman–Crippen MR) is 86.9 cm³/mol. The van der Waals surface area contributed by atoms with E-state index < -0.39 is 12.0 Å². The van der Waals surface area contributed by atoms with Crippen LogP contribution in [0.4, 0.5) is 0 Å². The lowest BCUT2D eigenvalue weighted by molar-refractivity contribution is -0.147. The Labute approximate surface area is 140 Å². The molecule has 6 nitrogen and oxygen atoms in total. The topological polar surface area (TPSA) is 68.2 Å². The fraction of sp³-hybridized carbons (Fsp3) is 0.278. The highest BCUT2D eigenvalue weighted by Gasteiger charge is 2.28. The number of carbonyl (C=O) groups excluding carboxylic acids is 1. The number of ether oxygens (including phenoxy) is 3. The molecule has 1 heterocycles. The number of benzene rings is 2. The lowest BCUT2D eigenvalue weighted by atomic mass is 10.0. The van der Waals surface area contributed by atoms with Crippen LogP contribution >= 0.6 is 0 Å². The second kappa shape index (κ2) is 6.80. The highest BCUT2D eigenvalue weighted by Crippen LogP contribution is 2.37. The Hall–Kier alpha value is -2.73. The van der Waals surface area contributed by atoms with Gasteiger partial charge in [0.2, 0.25) is 6.79 Å². The standard InChI is InChI=1S/C18H19NO5/c1-19(10-13-6-4-8-15-17(13)24-11-23-15)16(18(21)22-2)12-5-3-7-14(20)9-12/h3-9,16,20H,10-11H2,1-2H3. The van der Waals surface area contributed by atoms with Gasteiger partial charge in [-0.2, -0.15) is 0 Å². The molecule has 1 aliphatic heterocycles. The minimum atomic E-state index is -0.639. The lowest BCUT2D eigenvalue weighted by Gasteiger charge is -2.26. The van der Waals surface area contributed by atoms with Crippen molar-refractivity contribution < 1.29 is 24.1 Å². The van der Waals surface area contributed by atoms with Crippen molar-refractivity contribution in [3.05, 3.63) is 53.6 Å². The van der Waals surface area contributed by atoms with Gasteiger partial charge in [0.25, 0.3) is 0 Å². The summed E-state index contributed by atoms with van der Waals surface area (Å²) in [6.45, 7) is 0.658. The third-order valence-corrected chi connectivity index (χ3v) is 3.95. The Kier molecular flexibility index (Phi) is 4.57. The Morgan fingerprint density at radius 1 is 1.29 bits per heavy atom. The minimum Gasteiger partial charge on any atom is -0.508 e. The summed E-state index contributed by atoms with van der Waals surface area (Å²) in [4.78, 5) is 14.1. The van der Waals surface area contributed by atoms with Gasteiger partial charge in [-0.1, -0.05) is 24.3 Å². The van der Waals surface area contributed by atoms with Gasteiger partial charge in [-0.25, -0.2) is 4.79 Å². The molecule has 0 amide bonds. The minimum absolute atomic E-state index is 0.104. The highest BCUT2D eigenvalue weighted by atomic mass is 16.7. The maximum atomic E-state index is 12.3. The zero-order chi connectivity index (χ0) is 17.1. The summed E-state index contributed by atoms with van der Waals surface area (Å²) in [7, 11) is 3.17. The summed E-state index contributed by atoms with van der Waals surface area (Å²) < 4.78 is 15.8. The number of esters is 1. The first-order chi connectivity index (χ1) is 11.6. The molecule has 0 aromatic heterocycles. The number of phenolic OH excluding ortho intramolecular Hbond substituents is 1. The molecule has 1 aliphatic rings. The van der Waals surface area contributed by atoms with E-state index >= 15 is 0 Å². The summed E-state index contributed by atoms with van der Waals surface area (Å²) in [5, 5.41) is 9.71. The fourth-order valence-corrected chi connectivity index (χ4v) is 2.85. The largest absolute Gasteiger partial charge is 0.508 e. The smallest absolute Gasteiger partial charge is 0.327 e. The third kappa shape index (κ3) is 3.14. The van der Waals surface area contributed by atoms with E-state index in [9.17, 15) is 9.90 Å². The summed E-state index contributed by atoms with van der Waals surface area (Å²) >= 11 is 0. The van der Waals surface area contributed by atoms with E-state index in [0.29, 0.717) is 23.6 Å². The number of hydrogen-bond donors (Lipinski definition) is 1. The number of aromatic hydroxyl groups is 1. The molecule has 0 saturated carbocycles. The van der Waals surface area contributed by atoms with Gasteiger partial charge in [0, 0.05) is 12.1 Å². The lowest BCUT2D eigenvalue weighted by Crippen LogP contribution is -2.31. The molecule has 0 radical (unpaired) electrons. The molecular formula is C18H19NO5. The highest BCUT2D eigenvalue weighted by molar-refractivity contribution is 5.77. The summed E-state index contributed by atoms with van der Waals surface area (Å²) in [5.41, 5.74) is 1.58. The second-order valence-electron chi connectivity index (χ2n) is 5.59. The maximum absolute atomic E-state index is 12.3. The van der Waals surface area contributed by atoms with Crippen LogP contribution in [0.25, 0.3) is 0 Å². The summed E-state index contributed by atoms with van der Waals surface area (Å²) in [5.74, 6) is 1.11. The molecule has 24 heavy (non-hydrogen) atoms. The Morgan fingerprint density at radius 3 is 2.83 bits per heavy atom. The van der Waals surface area contributed by atoms with E-state index in [0.717, 1.165) is 5.56 Å². The average molecular weight is 329 g/mol. The van der Waals surface area contributed by atoms with Crippen LogP contribution in [0.15, 0.2) is 42.5 Å². The van der Waals surface area contributed by atoms with Crippen LogP contribution in [0.2, 0.25) is 0 Å². The first-order valence-electron chi connectivity index (χ1n) is 7.54. The van der Waals surface area contributed by atoms with Gasteiger partial charge in [0.05, 0.1) is 7.11 Å². The maximum Gasteiger partial charge on any atom is 0.327 e. The number of rotatable bonds is 5. The van der Waals surface area contributed by atoms with Crippen LogP contribution in [0.1, 0.15) is 17.2 Å². The molecule has 126 valence electrons. The quantitative estimate of drug-likeness (QED) is 0.850.